The van der Waals surface area contributed by atoms with Gasteiger partial charge in [0, 0.05) is 0 Å². The maximum atomic E-state index is 13.5. The molecule has 0 bridgehead atoms. The van der Waals surface area contributed by atoms with Crippen molar-refractivity contribution in [3.8, 4) is 12.1 Å². The van der Waals surface area contributed by atoms with Crippen molar-refractivity contribution in [1.82, 2.24) is 0 Å². The molecule has 0 aliphatic rings. The van der Waals surface area contributed by atoms with Crippen molar-refractivity contribution in [3.05, 3.63) is 71.0 Å². The Morgan fingerprint density at radius 1 is 0.944 bits per heavy atom. The maximum absolute atomic E-state index is 13.5. The number of hydrogen-bond donors (Lipinski definition) is 0. The summed E-state index contributed by atoms with van der Waals surface area (Å²) in [5, 5.41) is 18.3. The highest BCUT2D eigenvalue weighted by atomic mass is 19.1. The number of rotatable bonds is 2. The molecule has 2 aromatic carbocycles. The second kappa shape index (κ2) is 5.12. The summed E-state index contributed by atoms with van der Waals surface area (Å²) in [7, 11) is 0. The van der Waals surface area contributed by atoms with Crippen LogP contribution in [0.3, 0.4) is 0 Å². The first-order chi connectivity index (χ1) is 8.77. The molecule has 0 unspecified atom stereocenters. The first kappa shape index (κ1) is 11.8. The fourth-order valence-electron chi connectivity index (χ4n) is 1.87. The minimum Gasteiger partial charge on any atom is -0.206 e. The van der Waals surface area contributed by atoms with Crippen molar-refractivity contribution in [2.45, 2.75) is 5.92 Å². The monoisotopic (exact) mass is 236 g/mol. The zero-order chi connectivity index (χ0) is 13.0. The molecule has 0 N–H and O–H groups in total. The molecule has 0 heterocycles. The van der Waals surface area contributed by atoms with E-state index in [1.54, 1.807) is 18.2 Å². The van der Waals surface area contributed by atoms with Crippen LogP contribution in [0.2, 0.25) is 0 Å². The lowest BCUT2D eigenvalue weighted by Gasteiger charge is -2.11. The first-order valence-corrected chi connectivity index (χ1v) is 5.41. The number of halogens is 1. The van der Waals surface area contributed by atoms with Gasteiger partial charge < -0.3 is 0 Å². The summed E-state index contributed by atoms with van der Waals surface area (Å²) in [6.45, 7) is 0. The summed E-state index contributed by atoms with van der Waals surface area (Å²) >= 11 is 0. The topological polar surface area (TPSA) is 47.6 Å². The molecule has 0 aromatic heterocycles. The van der Waals surface area contributed by atoms with Gasteiger partial charge >= 0.3 is 0 Å². The van der Waals surface area contributed by atoms with Crippen molar-refractivity contribution >= 4 is 0 Å². The average molecular weight is 236 g/mol. The molecule has 2 rings (SSSR count). The largest absolute Gasteiger partial charge is 0.206 e. The van der Waals surface area contributed by atoms with Crippen LogP contribution >= 0.6 is 0 Å². The van der Waals surface area contributed by atoms with Crippen LogP contribution in [-0.2, 0) is 0 Å². The molecule has 0 amide bonds. The van der Waals surface area contributed by atoms with Gasteiger partial charge in [0.2, 0.25) is 0 Å². The van der Waals surface area contributed by atoms with Gasteiger partial charge in [0.05, 0.1) is 17.6 Å². The molecule has 2 nitrogen and oxygen atoms in total. The van der Waals surface area contributed by atoms with Crippen LogP contribution in [0.5, 0.6) is 0 Å². The van der Waals surface area contributed by atoms with Gasteiger partial charge in [-0.25, -0.2) is 4.39 Å². The Balaban J connectivity index is 2.58. The Hall–Kier alpha value is -2.65. The van der Waals surface area contributed by atoms with Gasteiger partial charge in [-0.1, -0.05) is 42.5 Å². The highest BCUT2D eigenvalue weighted by Gasteiger charge is 2.19. The van der Waals surface area contributed by atoms with E-state index in [2.05, 4.69) is 6.07 Å². The van der Waals surface area contributed by atoms with Crippen LogP contribution < -0.4 is 0 Å². The van der Waals surface area contributed by atoms with E-state index in [9.17, 15) is 9.65 Å². The fraction of sp³-hybridized carbons (Fsp3) is 0.0667. The molecule has 86 valence electrons. The van der Waals surface area contributed by atoms with E-state index >= 15 is 0 Å². The Morgan fingerprint density at radius 2 is 1.67 bits per heavy atom. The van der Waals surface area contributed by atoms with Crippen LogP contribution in [0, 0.1) is 28.5 Å². The smallest absolute Gasteiger partial charge is 0.141 e. The zero-order valence-electron chi connectivity index (χ0n) is 9.47. The Labute approximate surface area is 105 Å². The summed E-state index contributed by atoms with van der Waals surface area (Å²) in [5.41, 5.74) is 1.10. The molecular weight excluding hydrogens is 227 g/mol. The third-order valence-electron chi connectivity index (χ3n) is 2.73. The number of nitriles is 2. The maximum Gasteiger partial charge on any atom is 0.141 e. The van der Waals surface area contributed by atoms with E-state index in [0.29, 0.717) is 5.56 Å². The van der Waals surface area contributed by atoms with Gasteiger partial charge in [-0.05, 0) is 17.2 Å². The molecule has 1 atom stereocenters. The van der Waals surface area contributed by atoms with E-state index in [1.165, 1.54) is 12.1 Å². The van der Waals surface area contributed by atoms with Gasteiger partial charge in [0.1, 0.15) is 11.9 Å². The summed E-state index contributed by atoms with van der Waals surface area (Å²) in [6, 6.07) is 17.3. The van der Waals surface area contributed by atoms with Crippen molar-refractivity contribution in [3.63, 3.8) is 0 Å². The summed E-state index contributed by atoms with van der Waals surface area (Å²) < 4.78 is 13.5. The molecule has 0 aliphatic carbocycles. The minimum atomic E-state index is -0.628. The Morgan fingerprint density at radius 3 is 2.28 bits per heavy atom. The fourth-order valence-corrected chi connectivity index (χ4v) is 1.87. The van der Waals surface area contributed by atoms with E-state index in [1.807, 2.05) is 24.3 Å². The van der Waals surface area contributed by atoms with Crippen LogP contribution in [0.4, 0.5) is 4.39 Å². The third kappa shape index (κ3) is 2.07. The average Bonchev–Trinajstić information content (AvgIpc) is 2.41. The third-order valence-corrected chi connectivity index (χ3v) is 2.73. The minimum absolute atomic E-state index is 0.0621. The van der Waals surface area contributed by atoms with E-state index in [4.69, 9.17) is 5.26 Å². The highest BCUT2D eigenvalue weighted by Crippen LogP contribution is 2.27. The Bertz CT molecular complexity index is 636. The van der Waals surface area contributed by atoms with Gasteiger partial charge in [-0.2, -0.15) is 10.5 Å². The van der Waals surface area contributed by atoms with Gasteiger partial charge in [0.25, 0.3) is 0 Å². The highest BCUT2D eigenvalue weighted by molar-refractivity contribution is 5.48. The molecule has 0 saturated heterocycles. The molecule has 0 spiro atoms. The van der Waals surface area contributed by atoms with Crippen molar-refractivity contribution < 1.29 is 4.39 Å². The van der Waals surface area contributed by atoms with Crippen molar-refractivity contribution in [2.75, 3.05) is 0 Å². The molecule has 18 heavy (non-hydrogen) atoms. The SMILES string of the molecule is N#Cc1c(F)cccc1[C@@H](C#N)c1ccccc1. The normalized spacial score (nSPS) is 11.3. The van der Waals surface area contributed by atoms with Crippen LogP contribution in [0.1, 0.15) is 22.6 Å². The summed E-state index contributed by atoms with van der Waals surface area (Å²) in [4.78, 5) is 0. The summed E-state index contributed by atoms with van der Waals surface area (Å²) in [5.74, 6) is -1.22. The first-order valence-electron chi connectivity index (χ1n) is 5.41. The van der Waals surface area contributed by atoms with E-state index in [0.717, 1.165) is 5.56 Å². The number of benzene rings is 2. The van der Waals surface area contributed by atoms with Crippen LogP contribution in [0.25, 0.3) is 0 Å². The second-order valence-corrected chi connectivity index (χ2v) is 3.79. The van der Waals surface area contributed by atoms with Gasteiger partial charge in [-0.15, -0.1) is 0 Å². The molecule has 0 radical (unpaired) electrons. The summed E-state index contributed by atoms with van der Waals surface area (Å²) in [6.07, 6.45) is 0. The van der Waals surface area contributed by atoms with Crippen LogP contribution in [-0.4, -0.2) is 0 Å². The molecular formula is C15H9FN2. The number of nitrogens with zero attached hydrogens (tertiary/aromatic N) is 2. The van der Waals surface area contributed by atoms with Crippen molar-refractivity contribution in [2.24, 2.45) is 0 Å². The predicted octanol–water partition coefficient (Wildman–Crippen LogP) is 3.35. The standard InChI is InChI=1S/C15H9FN2/c16-15-8-4-7-12(14(15)10-18)13(9-17)11-5-2-1-3-6-11/h1-8,13H/t13-/m0/s1. The van der Waals surface area contributed by atoms with E-state index < -0.39 is 11.7 Å². The molecule has 0 fully saturated rings. The van der Waals surface area contributed by atoms with Crippen LogP contribution in [0.15, 0.2) is 48.5 Å². The van der Waals surface area contributed by atoms with E-state index in [-0.39, 0.29) is 5.56 Å². The number of hydrogen-bond acceptors (Lipinski definition) is 2. The molecule has 0 saturated carbocycles. The molecule has 3 heteroatoms. The lowest BCUT2D eigenvalue weighted by atomic mass is 9.89. The quantitative estimate of drug-likeness (QED) is 0.802. The lowest BCUT2D eigenvalue weighted by Crippen LogP contribution is -2.02. The second-order valence-electron chi connectivity index (χ2n) is 3.79. The molecule has 0 aliphatic heterocycles. The Kier molecular flexibility index (Phi) is 3.36. The lowest BCUT2D eigenvalue weighted by molar-refractivity contribution is 0.621. The molecule has 2 aromatic rings. The van der Waals surface area contributed by atoms with Gasteiger partial charge in [-0.3, -0.25) is 0 Å². The predicted molar refractivity (Wildman–Crippen MR) is 65.0 cm³/mol. The van der Waals surface area contributed by atoms with Crippen molar-refractivity contribution in [1.29, 1.82) is 10.5 Å². The zero-order valence-corrected chi connectivity index (χ0v) is 9.47. The van der Waals surface area contributed by atoms with Gasteiger partial charge in [0.15, 0.2) is 0 Å².